The summed E-state index contributed by atoms with van der Waals surface area (Å²) in [7, 11) is 1.76. The Hall–Kier alpha value is -1.52. The monoisotopic (exact) mass is 297 g/mol. The number of aryl methyl sites for hydroxylation is 1. The van der Waals surface area contributed by atoms with Crippen molar-refractivity contribution in [2.24, 2.45) is 7.05 Å². The lowest BCUT2D eigenvalue weighted by Crippen LogP contribution is -2.25. The van der Waals surface area contributed by atoms with E-state index in [4.69, 9.17) is 23.2 Å². The summed E-state index contributed by atoms with van der Waals surface area (Å²) in [5.41, 5.74) is 1.38. The first kappa shape index (κ1) is 13.9. The minimum Gasteiger partial charge on any atom is -0.352 e. The smallest absolute Gasteiger partial charge is 0.254 e. The number of benzene rings is 1. The Morgan fingerprint density at radius 2 is 2.05 bits per heavy atom. The molecule has 4 nitrogen and oxygen atoms in total. The standard InChI is InChI=1S/C13H13Cl2N3O/c1-18-8-9(7-17-18)13(19)16-6-5-10-11(14)3-2-4-12(10)15/h2-4,7-8H,5-6H2,1H3,(H,16,19). The van der Waals surface area contributed by atoms with E-state index < -0.39 is 0 Å². The van der Waals surface area contributed by atoms with Crippen LogP contribution in [0.1, 0.15) is 15.9 Å². The van der Waals surface area contributed by atoms with Gasteiger partial charge < -0.3 is 5.32 Å². The predicted octanol–water partition coefficient (Wildman–Crippen LogP) is 2.70. The lowest BCUT2D eigenvalue weighted by atomic mass is 10.1. The highest BCUT2D eigenvalue weighted by atomic mass is 35.5. The van der Waals surface area contributed by atoms with Crippen LogP contribution in [0.2, 0.25) is 10.0 Å². The fourth-order valence-electron chi connectivity index (χ4n) is 1.71. The molecule has 6 heteroatoms. The van der Waals surface area contributed by atoms with Gasteiger partial charge in [0.25, 0.3) is 5.91 Å². The third-order valence-corrected chi connectivity index (χ3v) is 3.40. The molecule has 2 aromatic rings. The number of rotatable bonds is 4. The Kier molecular flexibility index (Phi) is 4.45. The van der Waals surface area contributed by atoms with Gasteiger partial charge in [0.2, 0.25) is 0 Å². The van der Waals surface area contributed by atoms with Crippen LogP contribution in [0, 0.1) is 0 Å². The molecule has 0 spiro atoms. The highest BCUT2D eigenvalue weighted by Gasteiger charge is 2.09. The molecule has 1 heterocycles. The van der Waals surface area contributed by atoms with Gasteiger partial charge in [0.1, 0.15) is 0 Å². The number of hydrogen-bond acceptors (Lipinski definition) is 2. The second-order valence-electron chi connectivity index (χ2n) is 4.11. The van der Waals surface area contributed by atoms with Gasteiger partial charge in [-0.15, -0.1) is 0 Å². The normalized spacial score (nSPS) is 10.5. The predicted molar refractivity (Wildman–Crippen MR) is 75.7 cm³/mol. The molecule has 1 amide bonds. The van der Waals surface area contributed by atoms with Crippen molar-refractivity contribution in [3.05, 3.63) is 51.8 Å². The second-order valence-corrected chi connectivity index (χ2v) is 4.92. The van der Waals surface area contributed by atoms with E-state index in [1.807, 2.05) is 0 Å². The van der Waals surface area contributed by atoms with Crippen LogP contribution in [-0.4, -0.2) is 22.2 Å². The van der Waals surface area contributed by atoms with Crippen molar-refractivity contribution in [2.75, 3.05) is 6.54 Å². The molecule has 1 aromatic heterocycles. The summed E-state index contributed by atoms with van der Waals surface area (Å²) in [6.45, 7) is 0.469. The molecule has 0 unspecified atom stereocenters. The first-order valence-corrected chi connectivity index (χ1v) is 6.53. The quantitative estimate of drug-likeness (QED) is 0.943. The number of amides is 1. The van der Waals surface area contributed by atoms with E-state index in [2.05, 4.69) is 10.4 Å². The van der Waals surface area contributed by atoms with Crippen LogP contribution < -0.4 is 5.32 Å². The Balaban J connectivity index is 1.92. The van der Waals surface area contributed by atoms with Gasteiger partial charge >= 0.3 is 0 Å². The molecule has 1 aromatic carbocycles. The summed E-state index contributed by atoms with van der Waals surface area (Å²) in [4.78, 5) is 11.8. The molecule has 100 valence electrons. The number of nitrogens with one attached hydrogen (secondary N) is 1. The van der Waals surface area contributed by atoms with Gasteiger partial charge in [-0.3, -0.25) is 9.48 Å². The van der Waals surface area contributed by atoms with Crippen molar-refractivity contribution < 1.29 is 4.79 Å². The zero-order valence-corrected chi connectivity index (χ0v) is 11.9. The molecule has 2 rings (SSSR count). The highest BCUT2D eigenvalue weighted by Crippen LogP contribution is 2.24. The van der Waals surface area contributed by atoms with Crippen LogP contribution >= 0.6 is 23.2 Å². The fraction of sp³-hybridized carbons (Fsp3) is 0.231. The molecule has 19 heavy (non-hydrogen) atoms. The van der Waals surface area contributed by atoms with Crippen molar-refractivity contribution in [3.8, 4) is 0 Å². The topological polar surface area (TPSA) is 46.9 Å². The van der Waals surface area contributed by atoms with Gasteiger partial charge in [-0.1, -0.05) is 29.3 Å². The summed E-state index contributed by atoms with van der Waals surface area (Å²) in [6.07, 6.45) is 3.78. The second kappa shape index (κ2) is 6.08. The molecule has 0 bridgehead atoms. The van der Waals surface area contributed by atoms with Crippen LogP contribution in [0.15, 0.2) is 30.6 Å². The molecule has 0 fully saturated rings. The largest absolute Gasteiger partial charge is 0.352 e. The number of aromatic nitrogens is 2. The van der Waals surface area contributed by atoms with Crippen LogP contribution in [0.4, 0.5) is 0 Å². The van der Waals surface area contributed by atoms with Gasteiger partial charge in [0.05, 0.1) is 11.8 Å². The van der Waals surface area contributed by atoms with E-state index in [-0.39, 0.29) is 5.91 Å². The summed E-state index contributed by atoms with van der Waals surface area (Å²) >= 11 is 12.1. The summed E-state index contributed by atoms with van der Waals surface area (Å²) in [5, 5.41) is 7.98. The van der Waals surface area contributed by atoms with Gasteiger partial charge in [-0.2, -0.15) is 5.10 Å². The van der Waals surface area contributed by atoms with E-state index in [0.29, 0.717) is 28.6 Å². The van der Waals surface area contributed by atoms with Crippen LogP contribution in [-0.2, 0) is 13.5 Å². The first-order valence-electron chi connectivity index (χ1n) is 5.77. The maximum Gasteiger partial charge on any atom is 0.254 e. The molecule has 0 aliphatic heterocycles. The van der Waals surface area contributed by atoms with Gasteiger partial charge in [0.15, 0.2) is 0 Å². The number of nitrogens with zero attached hydrogens (tertiary/aromatic N) is 2. The first-order chi connectivity index (χ1) is 9.08. The number of halogens is 2. The van der Waals surface area contributed by atoms with Crippen molar-refractivity contribution in [3.63, 3.8) is 0 Å². The van der Waals surface area contributed by atoms with E-state index in [1.54, 1.807) is 36.1 Å². The Labute approximate surface area is 121 Å². The summed E-state index contributed by atoms with van der Waals surface area (Å²) in [5.74, 6) is -0.156. The average Bonchev–Trinajstić information content (AvgIpc) is 2.79. The van der Waals surface area contributed by atoms with Crippen molar-refractivity contribution in [1.82, 2.24) is 15.1 Å². The minimum absolute atomic E-state index is 0.156. The molecule has 0 aliphatic rings. The van der Waals surface area contributed by atoms with Crippen LogP contribution in [0.5, 0.6) is 0 Å². The van der Waals surface area contributed by atoms with Gasteiger partial charge in [-0.05, 0) is 24.1 Å². The van der Waals surface area contributed by atoms with E-state index in [0.717, 1.165) is 5.56 Å². The minimum atomic E-state index is -0.156. The zero-order valence-electron chi connectivity index (χ0n) is 10.4. The fourth-order valence-corrected chi connectivity index (χ4v) is 2.30. The molecule has 0 aliphatic carbocycles. The summed E-state index contributed by atoms with van der Waals surface area (Å²) in [6, 6.07) is 5.36. The van der Waals surface area contributed by atoms with Gasteiger partial charge in [-0.25, -0.2) is 0 Å². The lowest BCUT2D eigenvalue weighted by Gasteiger charge is -2.07. The maximum atomic E-state index is 11.8. The molecular formula is C13H13Cl2N3O. The van der Waals surface area contributed by atoms with Crippen molar-refractivity contribution in [2.45, 2.75) is 6.42 Å². The number of carbonyl (C=O) groups is 1. The van der Waals surface area contributed by atoms with Gasteiger partial charge in [0, 0.05) is 29.8 Å². The average molecular weight is 298 g/mol. The molecule has 1 N–H and O–H groups in total. The molecule has 0 saturated heterocycles. The summed E-state index contributed by atoms with van der Waals surface area (Å²) < 4.78 is 1.58. The number of hydrogen-bond donors (Lipinski definition) is 1. The van der Waals surface area contributed by atoms with Crippen LogP contribution in [0.25, 0.3) is 0 Å². The van der Waals surface area contributed by atoms with Crippen molar-refractivity contribution in [1.29, 1.82) is 0 Å². The highest BCUT2D eigenvalue weighted by molar-refractivity contribution is 6.35. The zero-order chi connectivity index (χ0) is 13.8. The van der Waals surface area contributed by atoms with Crippen LogP contribution in [0.3, 0.4) is 0 Å². The molecule has 0 radical (unpaired) electrons. The lowest BCUT2D eigenvalue weighted by molar-refractivity contribution is 0.0954. The van der Waals surface area contributed by atoms with Crippen molar-refractivity contribution >= 4 is 29.1 Å². The molecular weight excluding hydrogens is 285 g/mol. The Bertz CT molecular complexity index is 575. The molecule has 0 saturated carbocycles. The Morgan fingerprint density at radius 3 is 2.63 bits per heavy atom. The SMILES string of the molecule is Cn1cc(C(=O)NCCc2c(Cl)cccc2Cl)cn1. The number of carbonyl (C=O) groups excluding carboxylic acids is 1. The Morgan fingerprint density at radius 1 is 1.37 bits per heavy atom. The third kappa shape index (κ3) is 3.49. The third-order valence-electron chi connectivity index (χ3n) is 2.69. The van der Waals surface area contributed by atoms with E-state index in [9.17, 15) is 4.79 Å². The van der Waals surface area contributed by atoms with E-state index in [1.165, 1.54) is 6.20 Å². The maximum absolute atomic E-state index is 11.8. The molecule has 0 atom stereocenters. The van der Waals surface area contributed by atoms with E-state index >= 15 is 0 Å².